The number of aliphatic hydroxyl groups excluding tert-OH is 2. The second-order valence-corrected chi connectivity index (χ2v) is 9.85. The summed E-state index contributed by atoms with van der Waals surface area (Å²) in [6.07, 6.45) is 0.547. The highest BCUT2D eigenvalue weighted by atomic mass is 35.5. The molecule has 3 saturated heterocycles. The van der Waals surface area contributed by atoms with Gasteiger partial charge in [-0.1, -0.05) is 6.92 Å². The van der Waals surface area contributed by atoms with E-state index in [1.807, 2.05) is 6.92 Å². The first kappa shape index (κ1) is 31.0. The molecule has 11 N–H and O–H groups in total. The number of aliphatic carboxylic acids is 1. The Bertz CT molecular complexity index is 706. The molecule has 0 aromatic heterocycles. The molecule has 4 heterocycles. The van der Waals surface area contributed by atoms with Crippen LogP contribution in [0.25, 0.3) is 0 Å². The number of carboxylic acid groups (broad SMARTS) is 1. The molecule has 4 aliphatic rings. The molecule has 1 unspecified atom stereocenters. The van der Waals surface area contributed by atoms with Gasteiger partial charge in [0, 0.05) is 41.1 Å². The molecule has 0 aromatic carbocycles. The van der Waals surface area contributed by atoms with Gasteiger partial charge >= 0.3 is 5.97 Å². The molecule has 32 heavy (non-hydrogen) atoms. The van der Waals surface area contributed by atoms with Gasteiger partial charge in [-0.15, -0.1) is 24.2 Å². The van der Waals surface area contributed by atoms with Gasteiger partial charge in [0.15, 0.2) is 0 Å². The number of thioether (sulfide) groups is 1. The number of nitrogens with one attached hydrogen (secondary N) is 2. The molecule has 0 radical (unpaired) electrons. The summed E-state index contributed by atoms with van der Waals surface area (Å²) in [5.74, 6) is -1.78. The second-order valence-electron chi connectivity index (χ2n) is 8.51. The number of hydrogen-bond donors (Lipinski definition) is 5. The number of hydrogen-bond acceptors (Lipinski definition) is 7. The number of carbonyl (C=O) groups is 2. The Morgan fingerprint density at radius 3 is 2.41 bits per heavy atom. The van der Waals surface area contributed by atoms with Crippen LogP contribution in [0.4, 0.5) is 0 Å². The van der Waals surface area contributed by atoms with Crippen molar-refractivity contribution in [3.8, 4) is 0 Å². The van der Waals surface area contributed by atoms with E-state index >= 15 is 0 Å². The second kappa shape index (κ2) is 12.0. The fourth-order valence-corrected chi connectivity index (χ4v) is 6.73. The van der Waals surface area contributed by atoms with Crippen molar-refractivity contribution in [1.82, 2.24) is 15.5 Å². The van der Waals surface area contributed by atoms with Crippen LogP contribution >= 0.6 is 24.2 Å². The Kier molecular flexibility index (Phi) is 11.6. The SMILES string of the molecule is CC1C(S[C@@H]2CN[C@H]([C@H](O)[C@@H]3CCNC3)C2)=C(C(=O)O)N2C(=O)[C@H]([C@@H](C)O)[C@@H]12.Cl.O.O.O. The van der Waals surface area contributed by atoms with E-state index in [0.717, 1.165) is 30.8 Å². The Morgan fingerprint density at radius 2 is 1.88 bits per heavy atom. The van der Waals surface area contributed by atoms with E-state index in [2.05, 4.69) is 10.6 Å². The lowest BCUT2D eigenvalue weighted by Gasteiger charge is -2.46. The van der Waals surface area contributed by atoms with E-state index in [0.29, 0.717) is 6.54 Å². The number of amides is 1. The molecule has 0 bridgehead atoms. The lowest BCUT2D eigenvalue weighted by atomic mass is 9.79. The van der Waals surface area contributed by atoms with Crippen molar-refractivity contribution in [3.05, 3.63) is 10.6 Å². The van der Waals surface area contributed by atoms with Gasteiger partial charge in [0.25, 0.3) is 0 Å². The summed E-state index contributed by atoms with van der Waals surface area (Å²) in [6.45, 7) is 6.00. The first-order valence-corrected chi connectivity index (χ1v) is 11.0. The number of aliphatic hydroxyl groups is 2. The van der Waals surface area contributed by atoms with Gasteiger partial charge in [0.05, 0.1) is 24.2 Å². The topological polar surface area (TPSA) is 217 Å². The van der Waals surface area contributed by atoms with Crippen molar-refractivity contribution in [1.29, 1.82) is 0 Å². The number of fused-ring (bicyclic) bond motifs is 1. The molecule has 0 aromatic rings. The Labute approximate surface area is 197 Å². The molecule has 4 rings (SSSR count). The predicted molar refractivity (Wildman–Crippen MR) is 122 cm³/mol. The zero-order valence-electron chi connectivity index (χ0n) is 18.1. The van der Waals surface area contributed by atoms with Crippen LogP contribution in [0.1, 0.15) is 26.7 Å². The van der Waals surface area contributed by atoms with E-state index in [1.165, 1.54) is 16.7 Å². The Balaban J connectivity index is 0.00000240. The number of carboxylic acids is 1. The van der Waals surface area contributed by atoms with Crippen molar-refractivity contribution in [2.75, 3.05) is 19.6 Å². The highest BCUT2D eigenvalue weighted by molar-refractivity contribution is 8.03. The van der Waals surface area contributed by atoms with Crippen LogP contribution in [-0.4, -0.2) is 97.7 Å². The number of halogens is 1. The molecule has 1 amide bonds. The average Bonchev–Trinajstić information content (AvgIpc) is 3.35. The maximum absolute atomic E-state index is 12.4. The lowest BCUT2D eigenvalue weighted by Crippen LogP contribution is -2.63. The van der Waals surface area contributed by atoms with Gasteiger partial charge in [-0.2, -0.15) is 0 Å². The quantitative estimate of drug-likeness (QED) is 0.245. The number of carbonyl (C=O) groups excluding carboxylic acids is 1. The minimum Gasteiger partial charge on any atom is -0.477 e. The molecule has 188 valence electrons. The van der Waals surface area contributed by atoms with E-state index in [4.69, 9.17) is 0 Å². The van der Waals surface area contributed by atoms with Gasteiger partial charge in [-0.3, -0.25) is 4.79 Å². The molecule has 0 spiro atoms. The normalized spacial score (nSPS) is 34.9. The zero-order chi connectivity index (χ0) is 20.2. The first-order valence-electron chi connectivity index (χ1n) is 10.1. The summed E-state index contributed by atoms with van der Waals surface area (Å²) >= 11 is 1.52. The molecule has 0 aliphatic carbocycles. The van der Waals surface area contributed by atoms with Gasteiger partial charge in [-0.05, 0) is 26.3 Å². The standard InChI is InChI=1S/C19H29N3O5S.ClH.3H2O/c1-8-14-13(9(2)23)18(25)22(14)15(19(26)27)17(8)28-11-5-12(21-7-11)16(24)10-3-4-20-6-10;;;;/h8-14,16,20-21,23-24H,3-7H2,1-2H3,(H,26,27);1H;3*1H2/t8?,9-,10-,11+,12+,13-,14-,16-;;;;/m1..../s1. The fraction of sp³-hybridized carbons (Fsp3) is 0.789. The molecule has 11 nitrogen and oxygen atoms in total. The van der Waals surface area contributed by atoms with Crippen molar-refractivity contribution in [2.24, 2.45) is 17.8 Å². The molecular formula is C19H36ClN3O8S. The molecule has 0 saturated carbocycles. The molecule has 4 aliphatic heterocycles. The van der Waals surface area contributed by atoms with Gasteiger partial charge in [0.1, 0.15) is 5.70 Å². The number of β-lactam (4-membered cyclic amide) rings is 1. The van der Waals surface area contributed by atoms with Crippen LogP contribution in [0.3, 0.4) is 0 Å². The van der Waals surface area contributed by atoms with Crippen LogP contribution in [0.15, 0.2) is 10.6 Å². The van der Waals surface area contributed by atoms with Crippen LogP contribution in [0.5, 0.6) is 0 Å². The van der Waals surface area contributed by atoms with Crippen molar-refractivity contribution in [2.45, 2.75) is 56.2 Å². The number of nitrogens with zero attached hydrogens (tertiary/aromatic N) is 1. The Hall–Kier alpha value is -0.960. The van der Waals surface area contributed by atoms with Crippen LogP contribution < -0.4 is 10.6 Å². The Morgan fingerprint density at radius 1 is 1.22 bits per heavy atom. The minimum absolute atomic E-state index is 0. The van der Waals surface area contributed by atoms with Crippen LogP contribution in [-0.2, 0) is 9.59 Å². The van der Waals surface area contributed by atoms with Crippen LogP contribution in [0, 0.1) is 17.8 Å². The maximum atomic E-state index is 12.4. The smallest absolute Gasteiger partial charge is 0.353 e. The van der Waals surface area contributed by atoms with Gasteiger partial charge in [0.2, 0.25) is 5.91 Å². The molecule has 8 atom stereocenters. The monoisotopic (exact) mass is 501 g/mol. The third-order valence-electron chi connectivity index (χ3n) is 6.72. The average molecular weight is 502 g/mol. The van der Waals surface area contributed by atoms with Crippen LogP contribution in [0.2, 0.25) is 0 Å². The van der Waals surface area contributed by atoms with E-state index in [-0.39, 0.29) is 69.6 Å². The summed E-state index contributed by atoms with van der Waals surface area (Å²) in [5.41, 5.74) is 0.0772. The third kappa shape index (κ3) is 5.08. The molecule has 13 heteroatoms. The van der Waals surface area contributed by atoms with Gasteiger partial charge in [-0.25, -0.2) is 4.79 Å². The van der Waals surface area contributed by atoms with E-state index in [9.17, 15) is 24.9 Å². The maximum Gasteiger partial charge on any atom is 0.353 e. The molecule has 3 fully saturated rings. The third-order valence-corrected chi connectivity index (χ3v) is 8.23. The summed E-state index contributed by atoms with van der Waals surface area (Å²) in [4.78, 5) is 26.4. The lowest BCUT2D eigenvalue weighted by molar-refractivity contribution is -0.163. The van der Waals surface area contributed by atoms with E-state index < -0.39 is 24.1 Å². The minimum atomic E-state index is -1.09. The molecular weight excluding hydrogens is 466 g/mol. The zero-order valence-corrected chi connectivity index (χ0v) is 19.7. The summed E-state index contributed by atoms with van der Waals surface area (Å²) in [6, 6.07) is -0.265. The highest BCUT2D eigenvalue weighted by Gasteiger charge is 2.60. The van der Waals surface area contributed by atoms with Gasteiger partial charge < -0.3 is 47.3 Å². The highest BCUT2D eigenvalue weighted by Crippen LogP contribution is 2.51. The number of rotatable bonds is 6. The first-order chi connectivity index (χ1) is 13.3. The predicted octanol–water partition coefficient (Wildman–Crippen LogP) is -2.48. The van der Waals surface area contributed by atoms with Crippen molar-refractivity contribution in [3.63, 3.8) is 0 Å². The summed E-state index contributed by atoms with van der Waals surface area (Å²) in [5, 5.41) is 37.2. The summed E-state index contributed by atoms with van der Waals surface area (Å²) in [7, 11) is 0. The van der Waals surface area contributed by atoms with Crippen molar-refractivity contribution >= 4 is 36.0 Å². The van der Waals surface area contributed by atoms with E-state index in [1.54, 1.807) is 6.92 Å². The largest absolute Gasteiger partial charge is 0.477 e. The fourth-order valence-electron chi connectivity index (χ4n) is 5.24. The van der Waals surface area contributed by atoms with Crippen molar-refractivity contribution < 1.29 is 41.3 Å². The summed E-state index contributed by atoms with van der Waals surface area (Å²) < 4.78 is 0.